The van der Waals surface area contributed by atoms with Gasteiger partial charge in [0.25, 0.3) is 0 Å². The van der Waals surface area contributed by atoms with Crippen LogP contribution in [0.3, 0.4) is 0 Å². The average molecular weight is 199 g/mol. The molecule has 0 bridgehead atoms. The van der Waals surface area contributed by atoms with Crippen LogP contribution in [0.4, 0.5) is 0 Å². The fourth-order valence-corrected chi connectivity index (χ4v) is 1.03. The van der Waals surface area contributed by atoms with Crippen LogP contribution in [0.15, 0.2) is 12.4 Å². The smallest absolute Gasteiger partial charge is 0.157 e. The zero-order valence-electron chi connectivity index (χ0n) is 8.39. The number of nitrogens with two attached hydrogens (primary N) is 1. The lowest BCUT2D eigenvalue weighted by atomic mass is 10.4. The first kappa shape index (κ1) is 11.0. The van der Waals surface area contributed by atoms with E-state index < -0.39 is 6.10 Å². The second-order valence-corrected chi connectivity index (χ2v) is 3.14. The maximum absolute atomic E-state index is 9.15. The summed E-state index contributed by atoms with van der Waals surface area (Å²) < 4.78 is 7.08. The molecule has 14 heavy (non-hydrogen) atoms. The van der Waals surface area contributed by atoms with Gasteiger partial charge in [0.1, 0.15) is 12.7 Å². The van der Waals surface area contributed by atoms with Gasteiger partial charge in [0.15, 0.2) is 5.75 Å². The molecule has 3 N–H and O–H groups in total. The van der Waals surface area contributed by atoms with Gasteiger partial charge in [-0.25, -0.2) is 0 Å². The average Bonchev–Trinajstić information content (AvgIpc) is 2.63. The summed E-state index contributed by atoms with van der Waals surface area (Å²) >= 11 is 0. The van der Waals surface area contributed by atoms with Gasteiger partial charge in [-0.15, -0.1) is 0 Å². The Labute approximate surface area is 83.5 Å². The Balaban J connectivity index is 2.35. The van der Waals surface area contributed by atoms with Gasteiger partial charge in [-0.3, -0.25) is 4.68 Å². The largest absolute Gasteiger partial charge is 0.488 e. The van der Waals surface area contributed by atoms with Crippen LogP contribution in [0.2, 0.25) is 0 Å². The number of aromatic nitrogens is 2. The summed E-state index contributed by atoms with van der Waals surface area (Å²) in [6.45, 7) is 3.39. The number of aliphatic hydroxyl groups is 1. The van der Waals surface area contributed by atoms with Crippen molar-refractivity contribution in [2.24, 2.45) is 5.73 Å². The number of hydrogen-bond donors (Lipinski definition) is 2. The zero-order valence-corrected chi connectivity index (χ0v) is 8.39. The number of hydrogen-bond acceptors (Lipinski definition) is 4. The molecule has 0 aliphatic rings. The molecule has 5 nitrogen and oxygen atoms in total. The van der Waals surface area contributed by atoms with Gasteiger partial charge >= 0.3 is 0 Å². The van der Waals surface area contributed by atoms with Gasteiger partial charge in [-0.05, 0) is 6.42 Å². The monoisotopic (exact) mass is 199 g/mol. The standard InChI is InChI=1S/C9H17N3O2/c1-2-3-12-6-9(5-11-12)14-7-8(13)4-10/h5-6,8,13H,2-4,7,10H2,1H3. The van der Waals surface area contributed by atoms with Crippen molar-refractivity contribution < 1.29 is 9.84 Å². The maximum Gasteiger partial charge on any atom is 0.157 e. The van der Waals surface area contributed by atoms with E-state index in [1.807, 2.05) is 10.9 Å². The third-order valence-electron chi connectivity index (χ3n) is 1.78. The molecule has 0 saturated carbocycles. The molecule has 1 heterocycles. The highest BCUT2D eigenvalue weighted by molar-refractivity contribution is 5.11. The van der Waals surface area contributed by atoms with Gasteiger partial charge < -0.3 is 15.6 Å². The van der Waals surface area contributed by atoms with Crippen molar-refractivity contribution >= 4 is 0 Å². The Bertz CT molecular complexity index is 262. The minimum absolute atomic E-state index is 0.211. The first-order chi connectivity index (χ1) is 6.76. The van der Waals surface area contributed by atoms with E-state index in [0.717, 1.165) is 13.0 Å². The predicted octanol–water partition coefficient (Wildman–Crippen LogP) is -0.00850. The highest BCUT2D eigenvalue weighted by Gasteiger charge is 2.03. The Morgan fingerprint density at radius 3 is 3.14 bits per heavy atom. The van der Waals surface area contributed by atoms with Gasteiger partial charge in [-0.1, -0.05) is 6.92 Å². The lowest BCUT2D eigenvalue weighted by Gasteiger charge is -2.07. The van der Waals surface area contributed by atoms with E-state index in [9.17, 15) is 0 Å². The molecule has 1 rings (SSSR count). The van der Waals surface area contributed by atoms with Crippen LogP contribution in [0, 0.1) is 0 Å². The number of ether oxygens (including phenoxy) is 1. The van der Waals surface area contributed by atoms with Crippen molar-refractivity contribution in [3.8, 4) is 5.75 Å². The summed E-state index contributed by atoms with van der Waals surface area (Å²) in [5, 5.41) is 13.2. The van der Waals surface area contributed by atoms with E-state index in [2.05, 4.69) is 12.0 Å². The Morgan fingerprint density at radius 1 is 1.71 bits per heavy atom. The van der Waals surface area contributed by atoms with Gasteiger partial charge in [0, 0.05) is 13.1 Å². The van der Waals surface area contributed by atoms with Crippen LogP contribution in [0.5, 0.6) is 5.75 Å². The lowest BCUT2D eigenvalue weighted by molar-refractivity contribution is 0.114. The van der Waals surface area contributed by atoms with Gasteiger partial charge in [0.2, 0.25) is 0 Å². The van der Waals surface area contributed by atoms with Crippen LogP contribution in [0.1, 0.15) is 13.3 Å². The molecule has 0 saturated heterocycles. The molecule has 0 radical (unpaired) electrons. The molecule has 0 aromatic carbocycles. The molecule has 0 aliphatic heterocycles. The molecular weight excluding hydrogens is 182 g/mol. The summed E-state index contributed by atoms with van der Waals surface area (Å²) in [6, 6.07) is 0. The molecule has 0 spiro atoms. The van der Waals surface area contributed by atoms with E-state index in [0.29, 0.717) is 5.75 Å². The number of nitrogens with zero attached hydrogens (tertiary/aromatic N) is 2. The van der Waals surface area contributed by atoms with E-state index >= 15 is 0 Å². The quantitative estimate of drug-likeness (QED) is 0.676. The van der Waals surface area contributed by atoms with E-state index in [4.69, 9.17) is 15.6 Å². The summed E-state index contributed by atoms with van der Waals surface area (Å²) in [7, 11) is 0. The van der Waals surface area contributed by atoms with Crippen molar-refractivity contribution in [2.75, 3.05) is 13.2 Å². The zero-order chi connectivity index (χ0) is 10.4. The molecule has 0 aliphatic carbocycles. The molecule has 80 valence electrons. The number of aliphatic hydroxyl groups excluding tert-OH is 1. The van der Waals surface area contributed by atoms with Gasteiger partial charge in [0.05, 0.1) is 12.4 Å². The van der Waals surface area contributed by atoms with Crippen molar-refractivity contribution in [3.63, 3.8) is 0 Å². The molecule has 1 unspecified atom stereocenters. The third kappa shape index (κ3) is 3.35. The Hall–Kier alpha value is -1.07. The topological polar surface area (TPSA) is 73.3 Å². The fourth-order valence-electron chi connectivity index (χ4n) is 1.03. The Morgan fingerprint density at radius 2 is 2.50 bits per heavy atom. The molecule has 0 fully saturated rings. The summed E-state index contributed by atoms with van der Waals surface area (Å²) in [6.07, 6.45) is 3.88. The van der Waals surface area contributed by atoms with Crippen LogP contribution in [0.25, 0.3) is 0 Å². The fraction of sp³-hybridized carbons (Fsp3) is 0.667. The van der Waals surface area contributed by atoms with E-state index in [1.165, 1.54) is 0 Å². The van der Waals surface area contributed by atoms with Crippen molar-refractivity contribution in [1.29, 1.82) is 0 Å². The normalized spacial score (nSPS) is 12.8. The highest BCUT2D eigenvalue weighted by Crippen LogP contribution is 2.08. The number of rotatable bonds is 6. The molecular formula is C9H17N3O2. The maximum atomic E-state index is 9.15. The van der Waals surface area contributed by atoms with Crippen LogP contribution in [-0.4, -0.2) is 34.1 Å². The van der Waals surface area contributed by atoms with Crippen LogP contribution >= 0.6 is 0 Å². The molecule has 1 aromatic heterocycles. The minimum atomic E-state index is -0.607. The first-order valence-corrected chi connectivity index (χ1v) is 4.79. The van der Waals surface area contributed by atoms with Gasteiger partial charge in [-0.2, -0.15) is 5.10 Å². The SMILES string of the molecule is CCCn1cc(OCC(O)CN)cn1. The molecule has 5 heteroatoms. The van der Waals surface area contributed by atoms with E-state index in [-0.39, 0.29) is 13.2 Å². The molecule has 1 aromatic rings. The first-order valence-electron chi connectivity index (χ1n) is 4.79. The lowest BCUT2D eigenvalue weighted by Crippen LogP contribution is -2.26. The second-order valence-electron chi connectivity index (χ2n) is 3.14. The van der Waals surface area contributed by atoms with Crippen molar-refractivity contribution in [1.82, 2.24) is 9.78 Å². The number of aryl methyl sites for hydroxylation is 1. The van der Waals surface area contributed by atoms with Crippen LogP contribution in [-0.2, 0) is 6.54 Å². The molecule has 1 atom stereocenters. The second kappa shape index (κ2) is 5.62. The van der Waals surface area contributed by atoms with Crippen LogP contribution < -0.4 is 10.5 Å². The third-order valence-corrected chi connectivity index (χ3v) is 1.78. The highest BCUT2D eigenvalue weighted by atomic mass is 16.5. The Kier molecular flexibility index (Phi) is 4.42. The van der Waals surface area contributed by atoms with Crippen molar-refractivity contribution in [2.45, 2.75) is 26.0 Å². The van der Waals surface area contributed by atoms with Crippen molar-refractivity contribution in [3.05, 3.63) is 12.4 Å². The molecule has 0 amide bonds. The summed E-state index contributed by atoms with van der Waals surface area (Å²) in [5.74, 6) is 0.672. The summed E-state index contributed by atoms with van der Waals surface area (Å²) in [4.78, 5) is 0. The van der Waals surface area contributed by atoms with E-state index in [1.54, 1.807) is 6.20 Å². The summed E-state index contributed by atoms with van der Waals surface area (Å²) in [5.41, 5.74) is 5.24. The predicted molar refractivity (Wildman–Crippen MR) is 53.1 cm³/mol. The minimum Gasteiger partial charge on any atom is -0.488 e.